The standard InChI is InChI=1S/C17H22N2O3S/c1-13-14(2)17(9-8-16(13)22-4)23(20,21)19(3)12-10-15-7-5-6-11-18-15/h5-9,11H,10,12H2,1-4H3. The molecule has 0 aliphatic heterocycles. The molecule has 124 valence electrons. The van der Waals surface area contributed by atoms with Crippen LogP contribution in [0.3, 0.4) is 0 Å². The van der Waals surface area contributed by atoms with Crippen molar-refractivity contribution in [3.05, 3.63) is 53.3 Å². The number of hydrogen-bond acceptors (Lipinski definition) is 4. The minimum Gasteiger partial charge on any atom is -0.496 e. The average molecular weight is 334 g/mol. The molecule has 0 saturated carbocycles. The van der Waals surface area contributed by atoms with Gasteiger partial charge in [-0.2, -0.15) is 0 Å². The van der Waals surface area contributed by atoms with Gasteiger partial charge < -0.3 is 4.74 Å². The maximum atomic E-state index is 12.8. The van der Waals surface area contributed by atoms with Gasteiger partial charge in [-0.05, 0) is 49.2 Å². The van der Waals surface area contributed by atoms with E-state index in [1.807, 2.05) is 25.1 Å². The van der Waals surface area contributed by atoms with E-state index < -0.39 is 10.0 Å². The van der Waals surface area contributed by atoms with Gasteiger partial charge in [0.25, 0.3) is 0 Å². The van der Waals surface area contributed by atoms with Gasteiger partial charge in [0.1, 0.15) is 5.75 Å². The lowest BCUT2D eigenvalue weighted by Gasteiger charge is -2.20. The van der Waals surface area contributed by atoms with Crippen LogP contribution in [0.15, 0.2) is 41.4 Å². The van der Waals surface area contributed by atoms with Crippen LogP contribution in [0.1, 0.15) is 16.8 Å². The van der Waals surface area contributed by atoms with Crippen LogP contribution in [0.25, 0.3) is 0 Å². The molecule has 1 aromatic heterocycles. The zero-order valence-electron chi connectivity index (χ0n) is 13.9. The van der Waals surface area contributed by atoms with Gasteiger partial charge >= 0.3 is 0 Å². The number of methoxy groups -OCH3 is 1. The summed E-state index contributed by atoms with van der Waals surface area (Å²) in [7, 11) is -0.364. The molecule has 5 nitrogen and oxygen atoms in total. The maximum absolute atomic E-state index is 12.8. The number of sulfonamides is 1. The Morgan fingerprint density at radius 2 is 1.87 bits per heavy atom. The topological polar surface area (TPSA) is 59.5 Å². The molecule has 0 N–H and O–H groups in total. The first-order chi connectivity index (χ1) is 10.9. The number of hydrogen-bond donors (Lipinski definition) is 0. The van der Waals surface area contributed by atoms with Crippen LogP contribution < -0.4 is 4.74 Å². The van der Waals surface area contributed by atoms with Gasteiger partial charge in [-0.1, -0.05) is 6.07 Å². The highest BCUT2D eigenvalue weighted by Crippen LogP contribution is 2.28. The van der Waals surface area contributed by atoms with Gasteiger partial charge in [0, 0.05) is 31.9 Å². The molecule has 0 radical (unpaired) electrons. The highest BCUT2D eigenvalue weighted by Gasteiger charge is 2.24. The number of likely N-dealkylation sites (N-methyl/N-ethyl adjacent to an activating group) is 1. The Balaban J connectivity index is 2.22. The second kappa shape index (κ2) is 7.10. The summed E-state index contributed by atoms with van der Waals surface area (Å²) in [6.45, 7) is 4.04. The summed E-state index contributed by atoms with van der Waals surface area (Å²) in [5.41, 5.74) is 2.43. The van der Waals surface area contributed by atoms with Crippen molar-refractivity contribution in [2.45, 2.75) is 25.2 Å². The van der Waals surface area contributed by atoms with Crippen molar-refractivity contribution in [2.75, 3.05) is 20.7 Å². The summed E-state index contributed by atoms with van der Waals surface area (Å²) in [5.74, 6) is 0.692. The first-order valence-corrected chi connectivity index (χ1v) is 8.82. The van der Waals surface area contributed by atoms with Crippen LogP contribution in [-0.4, -0.2) is 38.4 Å². The third-order valence-corrected chi connectivity index (χ3v) is 6.01. The fourth-order valence-electron chi connectivity index (χ4n) is 2.38. The largest absolute Gasteiger partial charge is 0.496 e. The van der Waals surface area contributed by atoms with E-state index in [0.29, 0.717) is 29.2 Å². The van der Waals surface area contributed by atoms with E-state index in [0.717, 1.165) is 11.3 Å². The van der Waals surface area contributed by atoms with E-state index in [9.17, 15) is 8.42 Å². The minimum absolute atomic E-state index is 0.319. The van der Waals surface area contributed by atoms with Crippen molar-refractivity contribution in [3.8, 4) is 5.75 Å². The Bertz CT molecular complexity index is 774. The van der Waals surface area contributed by atoms with E-state index in [2.05, 4.69) is 4.98 Å². The Hall–Kier alpha value is -1.92. The third-order valence-electron chi connectivity index (χ3n) is 4.00. The van der Waals surface area contributed by atoms with E-state index >= 15 is 0 Å². The highest BCUT2D eigenvalue weighted by molar-refractivity contribution is 7.89. The predicted molar refractivity (Wildman–Crippen MR) is 90.2 cm³/mol. The van der Waals surface area contributed by atoms with E-state index in [1.54, 1.807) is 39.4 Å². The number of benzene rings is 1. The summed E-state index contributed by atoms with van der Waals surface area (Å²) in [5, 5.41) is 0. The number of pyridine rings is 1. The van der Waals surface area contributed by atoms with Crippen molar-refractivity contribution in [3.63, 3.8) is 0 Å². The Kier molecular flexibility index (Phi) is 5.38. The lowest BCUT2D eigenvalue weighted by atomic mass is 10.1. The second-order valence-corrected chi connectivity index (χ2v) is 7.43. The molecule has 1 aromatic carbocycles. The summed E-state index contributed by atoms with van der Waals surface area (Å²) < 4.78 is 32.2. The number of aromatic nitrogens is 1. The molecule has 2 rings (SSSR count). The van der Waals surface area contributed by atoms with E-state index in [1.165, 1.54) is 4.31 Å². The van der Waals surface area contributed by atoms with Gasteiger partial charge in [0.2, 0.25) is 10.0 Å². The zero-order valence-corrected chi connectivity index (χ0v) is 14.7. The molecule has 0 bridgehead atoms. The van der Waals surface area contributed by atoms with Crippen LogP contribution in [-0.2, 0) is 16.4 Å². The SMILES string of the molecule is COc1ccc(S(=O)(=O)N(C)CCc2ccccn2)c(C)c1C. The molecule has 0 amide bonds. The molecule has 0 aliphatic rings. The average Bonchev–Trinajstić information content (AvgIpc) is 2.55. The molecular weight excluding hydrogens is 312 g/mol. The molecule has 2 aromatic rings. The monoisotopic (exact) mass is 334 g/mol. The molecule has 0 atom stereocenters. The van der Waals surface area contributed by atoms with Crippen molar-refractivity contribution in [1.82, 2.24) is 9.29 Å². The summed E-state index contributed by atoms with van der Waals surface area (Å²) >= 11 is 0. The maximum Gasteiger partial charge on any atom is 0.243 e. The number of rotatable bonds is 6. The van der Waals surface area contributed by atoms with Crippen LogP contribution >= 0.6 is 0 Å². The molecule has 0 spiro atoms. The molecule has 0 unspecified atom stereocenters. The predicted octanol–water partition coefficient (Wildman–Crippen LogP) is 2.57. The van der Waals surface area contributed by atoms with Crippen molar-refractivity contribution in [1.29, 1.82) is 0 Å². The molecule has 23 heavy (non-hydrogen) atoms. The van der Waals surface area contributed by atoms with Gasteiger partial charge in [0.15, 0.2) is 0 Å². The zero-order chi connectivity index (χ0) is 17.0. The summed E-state index contributed by atoms with van der Waals surface area (Å²) in [4.78, 5) is 4.54. The van der Waals surface area contributed by atoms with E-state index in [4.69, 9.17) is 4.74 Å². The Morgan fingerprint density at radius 1 is 1.13 bits per heavy atom. The third kappa shape index (κ3) is 3.71. The fourth-order valence-corrected chi connectivity index (χ4v) is 3.83. The molecule has 6 heteroatoms. The van der Waals surface area contributed by atoms with Crippen LogP contribution in [0, 0.1) is 13.8 Å². The highest BCUT2D eigenvalue weighted by atomic mass is 32.2. The van der Waals surface area contributed by atoms with Crippen molar-refractivity contribution in [2.24, 2.45) is 0 Å². The van der Waals surface area contributed by atoms with Gasteiger partial charge in [0.05, 0.1) is 12.0 Å². The first-order valence-electron chi connectivity index (χ1n) is 7.38. The summed E-state index contributed by atoms with van der Waals surface area (Å²) in [6.07, 6.45) is 2.28. The van der Waals surface area contributed by atoms with Gasteiger partial charge in [-0.15, -0.1) is 0 Å². The lowest BCUT2D eigenvalue weighted by Crippen LogP contribution is -2.29. The van der Waals surface area contributed by atoms with Crippen molar-refractivity contribution >= 4 is 10.0 Å². The quantitative estimate of drug-likeness (QED) is 0.815. The Labute approximate surface area is 138 Å². The van der Waals surface area contributed by atoms with Crippen LogP contribution in [0.2, 0.25) is 0 Å². The number of ether oxygens (including phenoxy) is 1. The fraction of sp³-hybridized carbons (Fsp3) is 0.353. The smallest absolute Gasteiger partial charge is 0.243 e. The number of nitrogens with zero attached hydrogens (tertiary/aromatic N) is 2. The normalized spacial score (nSPS) is 11.7. The Morgan fingerprint density at radius 3 is 2.48 bits per heavy atom. The minimum atomic E-state index is -3.54. The van der Waals surface area contributed by atoms with E-state index in [-0.39, 0.29) is 0 Å². The first kappa shape index (κ1) is 17.4. The second-order valence-electron chi connectivity index (χ2n) is 5.41. The van der Waals surface area contributed by atoms with Gasteiger partial charge in [-0.25, -0.2) is 12.7 Å². The molecule has 0 fully saturated rings. The molecule has 0 aliphatic carbocycles. The van der Waals surface area contributed by atoms with Crippen molar-refractivity contribution < 1.29 is 13.2 Å². The van der Waals surface area contributed by atoms with Gasteiger partial charge in [-0.3, -0.25) is 4.98 Å². The van der Waals surface area contributed by atoms with Crippen LogP contribution in [0.5, 0.6) is 5.75 Å². The summed E-state index contributed by atoms with van der Waals surface area (Å²) in [6, 6.07) is 8.93. The van der Waals surface area contributed by atoms with Crippen LogP contribution in [0.4, 0.5) is 0 Å². The molecular formula is C17H22N2O3S. The molecule has 0 saturated heterocycles. The molecule has 1 heterocycles. The lowest BCUT2D eigenvalue weighted by molar-refractivity contribution is 0.410.